The molecule has 0 saturated heterocycles. The number of carbonyl (C=O) groups is 2. The second-order valence-corrected chi connectivity index (χ2v) is 5.54. The first kappa shape index (κ1) is 16.7. The third-order valence-corrected chi connectivity index (χ3v) is 3.56. The lowest BCUT2D eigenvalue weighted by Crippen LogP contribution is -2.41. The summed E-state index contributed by atoms with van der Waals surface area (Å²) in [5.41, 5.74) is 1.81. The summed E-state index contributed by atoms with van der Waals surface area (Å²) >= 11 is 0. The molecule has 0 aromatic heterocycles. The van der Waals surface area contributed by atoms with Crippen LogP contribution in [0.15, 0.2) is 60.7 Å². The van der Waals surface area contributed by atoms with Gasteiger partial charge in [-0.1, -0.05) is 48.5 Å². The van der Waals surface area contributed by atoms with Gasteiger partial charge in [-0.25, -0.2) is 0 Å². The van der Waals surface area contributed by atoms with E-state index in [4.69, 9.17) is 0 Å². The Morgan fingerprint density at radius 3 is 2.22 bits per heavy atom. The first-order chi connectivity index (χ1) is 11.1. The highest BCUT2D eigenvalue weighted by atomic mass is 16.2. The normalized spacial score (nSPS) is 11.5. The number of amides is 2. The van der Waals surface area contributed by atoms with Gasteiger partial charge in [0.25, 0.3) is 5.91 Å². The molecule has 23 heavy (non-hydrogen) atoms. The van der Waals surface area contributed by atoms with Gasteiger partial charge in [-0.15, -0.1) is 0 Å². The molecule has 4 nitrogen and oxygen atoms in total. The molecule has 1 unspecified atom stereocenters. The van der Waals surface area contributed by atoms with E-state index in [1.54, 1.807) is 24.3 Å². The summed E-state index contributed by atoms with van der Waals surface area (Å²) in [7, 11) is 0. The van der Waals surface area contributed by atoms with Gasteiger partial charge in [-0.05, 0) is 37.5 Å². The maximum absolute atomic E-state index is 11.9. The molecule has 2 amide bonds. The summed E-state index contributed by atoms with van der Waals surface area (Å²) in [6.07, 6.45) is 1.78. The molecule has 1 atom stereocenters. The molecule has 4 heteroatoms. The van der Waals surface area contributed by atoms with Crippen LogP contribution in [0.5, 0.6) is 0 Å². The maximum atomic E-state index is 11.9. The highest BCUT2D eigenvalue weighted by Gasteiger charge is 2.10. The SMILES string of the molecule is CC(CCc1ccccc1)NC(=O)CNC(=O)c1ccccc1. The van der Waals surface area contributed by atoms with Crippen LogP contribution in [0.4, 0.5) is 0 Å². The molecule has 0 bridgehead atoms. The zero-order chi connectivity index (χ0) is 16.5. The van der Waals surface area contributed by atoms with Crippen molar-refractivity contribution in [3.8, 4) is 0 Å². The van der Waals surface area contributed by atoms with E-state index in [1.165, 1.54) is 5.56 Å². The van der Waals surface area contributed by atoms with Gasteiger partial charge in [0.2, 0.25) is 5.91 Å². The van der Waals surface area contributed by atoms with Gasteiger partial charge in [-0.3, -0.25) is 9.59 Å². The van der Waals surface area contributed by atoms with Crippen molar-refractivity contribution < 1.29 is 9.59 Å². The van der Waals surface area contributed by atoms with Crippen molar-refractivity contribution in [3.63, 3.8) is 0 Å². The quantitative estimate of drug-likeness (QED) is 0.826. The van der Waals surface area contributed by atoms with Crippen molar-refractivity contribution in [1.82, 2.24) is 10.6 Å². The van der Waals surface area contributed by atoms with E-state index in [2.05, 4.69) is 22.8 Å². The van der Waals surface area contributed by atoms with E-state index in [0.29, 0.717) is 5.56 Å². The predicted molar refractivity (Wildman–Crippen MR) is 91.1 cm³/mol. The van der Waals surface area contributed by atoms with Crippen LogP contribution >= 0.6 is 0 Å². The van der Waals surface area contributed by atoms with Crippen LogP contribution in [0.1, 0.15) is 29.3 Å². The van der Waals surface area contributed by atoms with Gasteiger partial charge in [-0.2, -0.15) is 0 Å². The molecule has 120 valence electrons. The summed E-state index contributed by atoms with van der Waals surface area (Å²) in [4.78, 5) is 23.7. The molecule has 0 aliphatic rings. The molecule has 0 aliphatic heterocycles. The van der Waals surface area contributed by atoms with E-state index < -0.39 is 0 Å². The van der Waals surface area contributed by atoms with Crippen molar-refractivity contribution in [2.45, 2.75) is 25.8 Å². The summed E-state index contributed by atoms with van der Waals surface area (Å²) in [6.45, 7) is 1.96. The van der Waals surface area contributed by atoms with Gasteiger partial charge in [0, 0.05) is 11.6 Å². The average Bonchev–Trinajstić information content (AvgIpc) is 2.59. The van der Waals surface area contributed by atoms with Gasteiger partial charge in [0.1, 0.15) is 0 Å². The zero-order valence-corrected chi connectivity index (χ0v) is 13.3. The molecule has 0 radical (unpaired) electrons. The Balaban J connectivity index is 1.69. The predicted octanol–water partition coefficient (Wildman–Crippen LogP) is 2.55. The summed E-state index contributed by atoms with van der Waals surface area (Å²) in [5.74, 6) is -0.410. The molecular weight excluding hydrogens is 288 g/mol. The fourth-order valence-electron chi connectivity index (χ4n) is 2.28. The summed E-state index contributed by atoms with van der Waals surface area (Å²) in [5, 5.41) is 5.53. The monoisotopic (exact) mass is 310 g/mol. The van der Waals surface area contributed by atoms with Crippen LogP contribution in [0, 0.1) is 0 Å². The molecule has 2 aromatic carbocycles. The lowest BCUT2D eigenvalue weighted by Gasteiger charge is -2.14. The molecular formula is C19H22N2O2. The number of nitrogens with one attached hydrogen (secondary N) is 2. The van der Waals surface area contributed by atoms with Crippen LogP contribution in [-0.4, -0.2) is 24.4 Å². The van der Waals surface area contributed by atoms with Gasteiger partial charge in [0.15, 0.2) is 0 Å². The van der Waals surface area contributed by atoms with E-state index in [1.807, 2.05) is 31.2 Å². The number of hydrogen-bond acceptors (Lipinski definition) is 2. The van der Waals surface area contributed by atoms with Crippen LogP contribution < -0.4 is 10.6 Å². The Labute approximate surface area is 136 Å². The lowest BCUT2D eigenvalue weighted by molar-refractivity contribution is -0.120. The molecule has 0 fully saturated rings. The number of carbonyl (C=O) groups excluding carboxylic acids is 2. The fraction of sp³-hybridized carbons (Fsp3) is 0.263. The first-order valence-corrected chi connectivity index (χ1v) is 7.81. The Morgan fingerprint density at radius 2 is 1.57 bits per heavy atom. The van der Waals surface area contributed by atoms with Gasteiger partial charge in [0.05, 0.1) is 6.54 Å². The Kier molecular flexibility index (Phi) is 6.36. The Morgan fingerprint density at radius 1 is 0.957 bits per heavy atom. The number of rotatable bonds is 7. The third kappa shape index (κ3) is 5.94. The van der Waals surface area contributed by atoms with Crippen molar-refractivity contribution in [1.29, 1.82) is 0 Å². The average molecular weight is 310 g/mol. The van der Waals surface area contributed by atoms with Crippen LogP contribution in [0.2, 0.25) is 0 Å². The Hall–Kier alpha value is -2.62. The van der Waals surface area contributed by atoms with E-state index in [0.717, 1.165) is 12.8 Å². The van der Waals surface area contributed by atoms with Crippen molar-refractivity contribution in [2.24, 2.45) is 0 Å². The number of aryl methyl sites for hydroxylation is 1. The molecule has 2 rings (SSSR count). The molecule has 0 aliphatic carbocycles. The van der Waals surface area contributed by atoms with Crippen molar-refractivity contribution in [3.05, 3.63) is 71.8 Å². The van der Waals surface area contributed by atoms with Crippen molar-refractivity contribution in [2.75, 3.05) is 6.54 Å². The maximum Gasteiger partial charge on any atom is 0.251 e. The number of benzene rings is 2. The second kappa shape index (κ2) is 8.73. The van der Waals surface area contributed by atoms with Gasteiger partial charge < -0.3 is 10.6 Å². The first-order valence-electron chi connectivity index (χ1n) is 7.81. The molecule has 0 saturated carbocycles. The lowest BCUT2D eigenvalue weighted by atomic mass is 10.1. The van der Waals surface area contributed by atoms with Crippen molar-refractivity contribution >= 4 is 11.8 Å². The fourth-order valence-corrected chi connectivity index (χ4v) is 2.28. The highest BCUT2D eigenvalue weighted by molar-refractivity contribution is 5.96. The third-order valence-electron chi connectivity index (χ3n) is 3.56. The van der Waals surface area contributed by atoms with E-state index >= 15 is 0 Å². The minimum Gasteiger partial charge on any atom is -0.352 e. The summed E-state index contributed by atoms with van der Waals surface area (Å²) in [6, 6.07) is 19.1. The smallest absolute Gasteiger partial charge is 0.251 e. The van der Waals surface area contributed by atoms with E-state index in [-0.39, 0.29) is 24.4 Å². The topological polar surface area (TPSA) is 58.2 Å². The van der Waals surface area contributed by atoms with Crippen LogP contribution in [0.3, 0.4) is 0 Å². The minimum atomic E-state index is -0.238. The molecule has 2 N–H and O–H groups in total. The Bertz CT molecular complexity index is 626. The summed E-state index contributed by atoms with van der Waals surface area (Å²) < 4.78 is 0. The van der Waals surface area contributed by atoms with Gasteiger partial charge >= 0.3 is 0 Å². The van der Waals surface area contributed by atoms with Crippen LogP contribution in [-0.2, 0) is 11.2 Å². The largest absolute Gasteiger partial charge is 0.352 e. The molecule has 0 heterocycles. The van der Waals surface area contributed by atoms with Crippen LogP contribution in [0.25, 0.3) is 0 Å². The number of hydrogen-bond donors (Lipinski definition) is 2. The second-order valence-electron chi connectivity index (χ2n) is 5.54. The minimum absolute atomic E-state index is 0.0105. The standard InChI is InChI=1S/C19H22N2O2/c1-15(12-13-16-8-4-2-5-9-16)21-18(22)14-20-19(23)17-10-6-3-7-11-17/h2-11,15H,12-14H2,1H3,(H,20,23)(H,21,22). The molecule has 0 spiro atoms. The highest BCUT2D eigenvalue weighted by Crippen LogP contribution is 2.04. The molecule has 2 aromatic rings. The zero-order valence-electron chi connectivity index (χ0n) is 13.3. The van der Waals surface area contributed by atoms with E-state index in [9.17, 15) is 9.59 Å².